The molecule has 8 atom stereocenters. The summed E-state index contributed by atoms with van der Waals surface area (Å²) in [6.07, 6.45) is 7.93. The quantitative estimate of drug-likeness (QED) is 0.335. The third-order valence-electron chi connectivity index (χ3n) is 13.0. The second-order valence-electron chi connectivity index (χ2n) is 15.3. The highest BCUT2D eigenvalue weighted by Gasteiger charge is 2.69. The van der Waals surface area contributed by atoms with Gasteiger partial charge in [0, 0.05) is 16.6 Å². The van der Waals surface area contributed by atoms with Crippen molar-refractivity contribution in [2.45, 2.75) is 117 Å². The third-order valence-corrected chi connectivity index (χ3v) is 14.4. The Hall–Kier alpha value is -1.69. The number of rotatable bonds is 3. The highest BCUT2D eigenvalue weighted by atomic mass is 32.2. The van der Waals surface area contributed by atoms with E-state index in [0.717, 1.165) is 62.5 Å². The van der Waals surface area contributed by atoms with Crippen LogP contribution in [0.25, 0.3) is 0 Å². The minimum atomic E-state index is -0.464. The van der Waals surface area contributed by atoms with Crippen molar-refractivity contribution in [2.75, 3.05) is 0 Å². The monoisotopic (exact) mass is 555 g/mol. The number of hydrogen-bond acceptors (Lipinski definition) is 5. The first-order chi connectivity index (χ1) is 17.9. The molecule has 0 aliphatic heterocycles. The average molecular weight is 556 g/mol. The van der Waals surface area contributed by atoms with Crippen molar-refractivity contribution < 1.29 is 19.8 Å². The smallest absolute Gasteiger partial charge is 0.223 e. The molecule has 1 amide bonds. The lowest BCUT2D eigenvalue weighted by Gasteiger charge is -2.72. The number of phenols is 2. The second kappa shape index (κ2) is 8.90. The Balaban J connectivity index is 1.65. The van der Waals surface area contributed by atoms with E-state index in [0.29, 0.717) is 17.4 Å². The topological polar surface area (TPSA) is 101 Å². The number of primary amides is 1. The SMILES string of the molecule is Cc1c(O)c(O)cc2c1C(SC(=O)C(C)C)CC1[C@@]2(C)CC[C@@]2(C)[C@@H]3C[C@](C)(C(N)=O)CC[C@]3(C)CC[C@]12C. The van der Waals surface area contributed by atoms with E-state index in [-0.39, 0.29) is 55.3 Å². The molecule has 216 valence electrons. The molecule has 4 aliphatic carbocycles. The van der Waals surface area contributed by atoms with Crippen LogP contribution in [0.3, 0.4) is 0 Å². The van der Waals surface area contributed by atoms with E-state index in [1.165, 1.54) is 11.8 Å². The number of hydrogen-bond donors (Lipinski definition) is 3. The van der Waals surface area contributed by atoms with Crippen LogP contribution >= 0.6 is 11.8 Å². The van der Waals surface area contributed by atoms with E-state index >= 15 is 0 Å². The molecule has 4 aliphatic rings. The maximum atomic E-state index is 13.1. The molecule has 0 radical (unpaired) electrons. The van der Waals surface area contributed by atoms with Gasteiger partial charge in [0.1, 0.15) is 0 Å². The van der Waals surface area contributed by atoms with Gasteiger partial charge in [-0.3, -0.25) is 9.59 Å². The summed E-state index contributed by atoms with van der Waals surface area (Å²) in [5.74, 6) is 0.344. The van der Waals surface area contributed by atoms with Crippen molar-refractivity contribution in [3.63, 3.8) is 0 Å². The van der Waals surface area contributed by atoms with Gasteiger partial charge in [0.25, 0.3) is 0 Å². The average Bonchev–Trinajstić information content (AvgIpc) is 2.86. The van der Waals surface area contributed by atoms with Gasteiger partial charge in [-0.25, -0.2) is 0 Å². The molecule has 3 fully saturated rings. The first kappa shape index (κ1) is 28.8. The number of thioether (sulfide) groups is 1. The van der Waals surface area contributed by atoms with Crippen LogP contribution in [0.1, 0.15) is 122 Å². The molecule has 5 nitrogen and oxygen atoms in total. The Kier molecular flexibility index (Phi) is 6.58. The van der Waals surface area contributed by atoms with Crippen molar-refractivity contribution in [2.24, 2.45) is 45.1 Å². The maximum Gasteiger partial charge on any atom is 0.223 e. The highest BCUT2D eigenvalue weighted by Crippen LogP contribution is 2.76. The summed E-state index contributed by atoms with van der Waals surface area (Å²) in [5.41, 5.74) is 8.47. The highest BCUT2D eigenvalue weighted by molar-refractivity contribution is 8.13. The minimum absolute atomic E-state index is 0.00113. The fraction of sp³-hybridized carbons (Fsp3) is 0.758. The standard InChI is InChI=1S/C33H49NO4S/c1-18(2)27(37)39-22-16-23-31(6,20-15-21(35)26(36)19(3)25(20)22)12-14-33(8)24-17-30(5,28(34)38)10-9-29(24,4)11-13-32(23,33)7/h15,18,22-24,35-36H,9-14,16-17H2,1-8H3,(H2,34,38)/t22?,23?,24-,29-,30-,31+,32-,33+/m1/s1. The largest absolute Gasteiger partial charge is 0.504 e. The number of nitrogens with two attached hydrogens (primary N) is 1. The lowest BCUT2D eigenvalue weighted by Crippen LogP contribution is -2.66. The molecule has 6 heteroatoms. The molecular weight excluding hydrogens is 506 g/mol. The van der Waals surface area contributed by atoms with Gasteiger partial charge in [-0.2, -0.15) is 0 Å². The number of carbonyl (C=O) groups is 2. The molecule has 1 aromatic carbocycles. The fourth-order valence-corrected chi connectivity index (χ4v) is 11.2. The maximum absolute atomic E-state index is 13.1. The molecule has 1 aromatic rings. The van der Waals surface area contributed by atoms with Crippen LogP contribution in [0.5, 0.6) is 11.5 Å². The summed E-state index contributed by atoms with van der Waals surface area (Å²) in [5, 5.41) is 21.7. The van der Waals surface area contributed by atoms with Gasteiger partial charge in [-0.05, 0) is 115 Å². The normalized spacial score (nSPS) is 43.2. The molecule has 3 saturated carbocycles. The van der Waals surface area contributed by atoms with Gasteiger partial charge in [0.05, 0.1) is 0 Å². The molecule has 0 bridgehead atoms. The molecular formula is C33H49NO4S. The van der Waals surface area contributed by atoms with Crippen LogP contribution in [0.4, 0.5) is 0 Å². The lowest BCUT2D eigenvalue weighted by atomic mass is 9.32. The zero-order valence-corrected chi connectivity index (χ0v) is 26.1. The minimum Gasteiger partial charge on any atom is -0.504 e. The molecule has 5 rings (SSSR count). The van der Waals surface area contributed by atoms with E-state index in [2.05, 4.69) is 34.6 Å². The van der Waals surface area contributed by atoms with Crippen LogP contribution in [0.15, 0.2) is 6.07 Å². The Morgan fingerprint density at radius 2 is 1.54 bits per heavy atom. The third kappa shape index (κ3) is 3.85. The summed E-state index contributed by atoms with van der Waals surface area (Å²) in [7, 11) is 0. The van der Waals surface area contributed by atoms with Crippen LogP contribution in [-0.2, 0) is 15.0 Å². The lowest BCUT2D eigenvalue weighted by molar-refractivity contribution is -0.211. The first-order valence-corrected chi connectivity index (χ1v) is 15.9. The van der Waals surface area contributed by atoms with Gasteiger partial charge in [-0.15, -0.1) is 0 Å². The molecule has 39 heavy (non-hydrogen) atoms. The van der Waals surface area contributed by atoms with E-state index in [1.807, 2.05) is 20.8 Å². The predicted molar refractivity (Wildman–Crippen MR) is 158 cm³/mol. The Bertz CT molecular complexity index is 1230. The summed E-state index contributed by atoms with van der Waals surface area (Å²) in [6, 6.07) is 1.81. The van der Waals surface area contributed by atoms with Crippen molar-refractivity contribution in [3.05, 3.63) is 22.8 Å². The number of carbonyl (C=O) groups excluding carboxylic acids is 2. The van der Waals surface area contributed by atoms with Gasteiger partial charge in [-0.1, -0.05) is 60.2 Å². The van der Waals surface area contributed by atoms with Crippen LogP contribution in [0.2, 0.25) is 0 Å². The zero-order chi connectivity index (χ0) is 28.9. The number of aromatic hydroxyl groups is 2. The molecule has 0 aromatic heterocycles. The molecule has 0 spiro atoms. The Morgan fingerprint density at radius 1 is 0.949 bits per heavy atom. The summed E-state index contributed by atoms with van der Waals surface area (Å²) < 4.78 is 0. The van der Waals surface area contributed by atoms with Crippen LogP contribution < -0.4 is 5.73 Å². The Morgan fingerprint density at radius 3 is 2.15 bits per heavy atom. The fourth-order valence-electron chi connectivity index (χ4n) is 9.96. The van der Waals surface area contributed by atoms with E-state index in [9.17, 15) is 19.8 Å². The number of phenolic OH excluding ortho intramolecular Hbond substituents is 2. The van der Waals surface area contributed by atoms with Gasteiger partial charge >= 0.3 is 0 Å². The number of amides is 1. The van der Waals surface area contributed by atoms with E-state index in [4.69, 9.17) is 5.73 Å². The van der Waals surface area contributed by atoms with E-state index in [1.54, 1.807) is 6.07 Å². The molecule has 2 unspecified atom stereocenters. The van der Waals surface area contributed by atoms with Crippen molar-refractivity contribution in [3.8, 4) is 11.5 Å². The predicted octanol–water partition coefficient (Wildman–Crippen LogP) is 7.54. The van der Waals surface area contributed by atoms with Crippen molar-refractivity contribution >= 4 is 22.8 Å². The van der Waals surface area contributed by atoms with Gasteiger partial charge in [0.15, 0.2) is 16.6 Å². The Labute approximate surface area is 239 Å². The van der Waals surface area contributed by atoms with E-state index < -0.39 is 5.41 Å². The molecule has 0 saturated heterocycles. The van der Waals surface area contributed by atoms with Crippen molar-refractivity contribution in [1.29, 1.82) is 0 Å². The van der Waals surface area contributed by atoms with Crippen molar-refractivity contribution in [1.82, 2.24) is 0 Å². The summed E-state index contributed by atoms with van der Waals surface area (Å²) >= 11 is 1.42. The van der Waals surface area contributed by atoms with Gasteiger partial charge in [0.2, 0.25) is 5.91 Å². The van der Waals surface area contributed by atoms with Crippen LogP contribution in [0, 0.1) is 46.3 Å². The van der Waals surface area contributed by atoms with Gasteiger partial charge < -0.3 is 15.9 Å². The van der Waals surface area contributed by atoms with Crippen LogP contribution in [-0.4, -0.2) is 21.2 Å². The number of fused-ring (bicyclic) bond motifs is 7. The zero-order valence-electron chi connectivity index (χ0n) is 25.2. The summed E-state index contributed by atoms with van der Waals surface area (Å²) in [4.78, 5) is 25.8. The number of benzene rings is 1. The first-order valence-electron chi connectivity index (χ1n) is 15.0. The molecule has 4 N–H and O–H groups in total. The summed E-state index contributed by atoms with van der Waals surface area (Å²) in [6.45, 7) is 17.7. The second-order valence-corrected chi connectivity index (χ2v) is 16.5. The molecule has 0 heterocycles.